The number of carbonyl (C=O) groups is 1. The Kier molecular flexibility index (Phi) is 4.79. The van der Waals surface area contributed by atoms with Gasteiger partial charge >= 0.3 is 6.09 Å². The van der Waals surface area contributed by atoms with E-state index in [-0.39, 0.29) is 17.7 Å². The highest BCUT2D eigenvalue weighted by molar-refractivity contribution is 5.92. The Morgan fingerprint density at radius 1 is 1.15 bits per heavy atom. The van der Waals surface area contributed by atoms with Gasteiger partial charge in [0.1, 0.15) is 6.61 Å². The van der Waals surface area contributed by atoms with Crippen LogP contribution in [0.15, 0.2) is 29.3 Å². The van der Waals surface area contributed by atoms with Gasteiger partial charge in [-0.1, -0.05) is 11.1 Å². The highest BCUT2D eigenvalue weighted by Crippen LogP contribution is 2.45. The minimum atomic E-state index is -0.292. The lowest BCUT2D eigenvalue weighted by Crippen LogP contribution is -2.49. The first-order valence-electron chi connectivity index (χ1n) is 9.99. The number of ether oxygens (including phenoxy) is 3. The highest BCUT2D eigenvalue weighted by Gasteiger charge is 2.49. The van der Waals surface area contributed by atoms with Gasteiger partial charge in [0.15, 0.2) is 11.5 Å². The monoisotopic (exact) mass is 371 g/mol. The standard InChI is InChI=1S/C22H29NO4/c1-15-10-11-22(13-16(15)2)14-26-21(24)23(22)17-8-9-19(25-3)20(12-17)27-18-6-4-5-7-18/h8-9,12,18H,4-7,10-11,13-14H2,1-3H3. The molecule has 0 radical (unpaired) electrons. The summed E-state index contributed by atoms with van der Waals surface area (Å²) in [5.41, 5.74) is 3.33. The maximum absolute atomic E-state index is 12.7. The van der Waals surface area contributed by atoms with Crippen molar-refractivity contribution < 1.29 is 19.0 Å². The second-order valence-electron chi connectivity index (χ2n) is 8.21. The van der Waals surface area contributed by atoms with Crippen molar-refractivity contribution >= 4 is 11.8 Å². The summed E-state index contributed by atoms with van der Waals surface area (Å²) >= 11 is 0. The highest BCUT2D eigenvalue weighted by atomic mass is 16.6. The maximum Gasteiger partial charge on any atom is 0.415 e. The van der Waals surface area contributed by atoms with Gasteiger partial charge in [-0.2, -0.15) is 0 Å². The summed E-state index contributed by atoms with van der Waals surface area (Å²) in [6.45, 7) is 4.80. The fraction of sp³-hybridized carbons (Fsp3) is 0.591. The van der Waals surface area contributed by atoms with E-state index in [1.165, 1.54) is 24.0 Å². The van der Waals surface area contributed by atoms with E-state index in [1.807, 2.05) is 23.1 Å². The topological polar surface area (TPSA) is 48.0 Å². The Morgan fingerprint density at radius 3 is 2.63 bits per heavy atom. The number of cyclic esters (lactones) is 1. The molecule has 2 aliphatic carbocycles. The van der Waals surface area contributed by atoms with Crippen LogP contribution in [0.4, 0.5) is 10.5 Å². The first-order valence-corrected chi connectivity index (χ1v) is 9.99. The Balaban J connectivity index is 1.67. The third kappa shape index (κ3) is 3.28. The van der Waals surface area contributed by atoms with Crippen LogP contribution < -0.4 is 14.4 Å². The largest absolute Gasteiger partial charge is 0.493 e. The van der Waals surface area contributed by atoms with E-state index < -0.39 is 0 Å². The van der Waals surface area contributed by atoms with Crippen LogP contribution in [0.25, 0.3) is 0 Å². The van der Waals surface area contributed by atoms with E-state index in [0.717, 1.165) is 43.5 Å². The number of nitrogens with zero attached hydrogens (tertiary/aromatic N) is 1. The fourth-order valence-electron chi connectivity index (χ4n) is 4.66. The average molecular weight is 371 g/mol. The summed E-state index contributed by atoms with van der Waals surface area (Å²) in [5, 5.41) is 0. The summed E-state index contributed by atoms with van der Waals surface area (Å²) < 4.78 is 17.3. The summed E-state index contributed by atoms with van der Waals surface area (Å²) in [7, 11) is 1.65. The lowest BCUT2D eigenvalue weighted by molar-refractivity contribution is 0.170. The molecule has 27 heavy (non-hydrogen) atoms. The third-order valence-electron chi connectivity index (χ3n) is 6.41. The SMILES string of the molecule is COc1ccc(N2C(=O)OCC23CCC(C)=C(C)C3)cc1OC1CCCC1. The van der Waals surface area contributed by atoms with Gasteiger partial charge in [0.25, 0.3) is 0 Å². The number of carbonyl (C=O) groups excluding carboxylic acids is 1. The summed E-state index contributed by atoms with van der Waals surface area (Å²) in [6.07, 6.45) is 7.32. The molecular weight excluding hydrogens is 342 g/mol. The van der Waals surface area contributed by atoms with Gasteiger partial charge in [-0.05, 0) is 70.9 Å². The number of amides is 1. The lowest BCUT2D eigenvalue weighted by Gasteiger charge is -2.39. The zero-order valence-electron chi connectivity index (χ0n) is 16.5. The first-order chi connectivity index (χ1) is 13.0. The van der Waals surface area contributed by atoms with Gasteiger partial charge in [-0.15, -0.1) is 0 Å². The predicted molar refractivity (Wildman–Crippen MR) is 105 cm³/mol. The number of anilines is 1. The minimum Gasteiger partial charge on any atom is -0.493 e. The van der Waals surface area contributed by atoms with Crippen molar-refractivity contribution in [3.63, 3.8) is 0 Å². The molecular formula is C22H29NO4. The molecule has 5 heteroatoms. The Morgan fingerprint density at radius 2 is 1.93 bits per heavy atom. The van der Waals surface area contributed by atoms with Crippen molar-refractivity contribution in [2.75, 3.05) is 18.6 Å². The third-order valence-corrected chi connectivity index (χ3v) is 6.41. The molecule has 5 nitrogen and oxygen atoms in total. The van der Waals surface area contributed by atoms with Gasteiger partial charge in [0.05, 0.1) is 24.4 Å². The number of allylic oxidation sites excluding steroid dienone is 1. The number of hydrogen-bond acceptors (Lipinski definition) is 4. The lowest BCUT2D eigenvalue weighted by atomic mass is 9.78. The fourth-order valence-corrected chi connectivity index (χ4v) is 4.66. The van der Waals surface area contributed by atoms with Crippen molar-refractivity contribution in [1.82, 2.24) is 0 Å². The van der Waals surface area contributed by atoms with Crippen molar-refractivity contribution in [2.24, 2.45) is 0 Å². The molecule has 146 valence electrons. The average Bonchev–Trinajstić information content (AvgIpc) is 3.27. The molecule has 1 saturated heterocycles. The first kappa shape index (κ1) is 18.2. The number of methoxy groups -OCH3 is 1. The van der Waals surface area contributed by atoms with Gasteiger partial charge in [0, 0.05) is 6.07 Å². The molecule has 0 N–H and O–H groups in total. The van der Waals surface area contributed by atoms with Crippen LogP contribution in [-0.4, -0.2) is 31.5 Å². The van der Waals surface area contributed by atoms with Gasteiger partial charge in [0.2, 0.25) is 0 Å². The van der Waals surface area contributed by atoms with E-state index >= 15 is 0 Å². The molecule has 1 aliphatic heterocycles. The molecule has 3 aliphatic rings. The molecule has 1 saturated carbocycles. The second kappa shape index (κ2) is 7.10. The molecule has 1 amide bonds. The maximum atomic E-state index is 12.7. The van der Waals surface area contributed by atoms with Crippen LogP contribution in [0.5, 0.6) is 11.5 Å². The van der Waals surface area contributed by atoms with Gasteiger partial charge in [-0.25, -0.2) is 4.79 Å². The molecule has 1 aromatic rings. The molecule has 1 heterocycles. The van der Waals surface area contributed by atoms with Crippen molar-refractivity contribution in [3.05, 3.63) is 29.3 Å². The molecule has 4 rings (SSSR count). The van der Waals surface area contributed by atoms with Gasteiger partial charge < -0.3 is 14.2 Å². The number of rotatable bonds is 4. The summed E-state index contributed by atoms with van der Waals surface area (Å²) in [4.78, 5) is 14.5. The van der Waals surface area contributed by atoms with E-state index in [2.05, 4.69) is 13.8 Å². The molecule has 0 aromatic heterocycles. The van der Waals surface area contributed by atoms with Crippen LogP contribution >= 0.6 is 0 Å². The molecule has 1 atom stereocenters. The predicted octanol–water partition coefficient (Wildman–Crippen LogP) is 5.23. The van der Waals surface area contributed by atoms with Crippen LogP contribution in [0.2, 0.25) is 0 Å². The van der Waals surface area contributed by atoms with E-state index in [4.69, 9.17) is 14.2 Å². The van der Waals surface area contributed by atoms with E-state index in [1.54, 1.807) is 7.11 Å². The number of benzene rings is 1. The van der Waals surface area contributed by atoms with Crippen molar-refractivity contribution in [1.29, 1.82) is 0 Å². The molecule has 1 aromatic carbocycles. The van der Waals surface area contributed by atoms with Crippen LogP contribution in [0.1, 0.15) is 58.8 Å². The number of hydrogen-bond donors (Lipinski definition) is 0. The summed E-state index contributed by atoms with van der Waals surface area (Å²) in [6, 6.07) is 5.79. The molecule has 1 unspecified atom stereocenters. The Labute approximate surface area is 161 Å². The van der Waals surface area contributed by atoms with Gasteiger partial charge in [-0.3, -0.25) is 4.90 Å². The Bertz CT molecular complexity index is 766. The smallest absolute Gasteiger partial charge is 0.415 e. The zero-order chi connectivity index (χ0) is 19.0. The molecule has 2 fully saturated rings. The Hall–Kier alpha value is -2.17. The van der Waals surface area contributed by atoms with Crippen LogP contribution in [-0.2, 0) is 4.74 Å². The van der Waals surface area contributed by atoms with E-state index in [0.29, 0.717) is 12.4 Å². The molecule has 0 bridgehead atoms. The van der Waals surface area contributed by atoms with E-state index in [9.17, 15) is 4.79 Å². The van der Waals surface area contributed by atoms with Crippen molar-refractivity contribution in [3.8, 4) is 11.5 Å². The molecule has 1 spiro atoms. The van der Waals surface area contributed by atoms with Crippen LogP contribution in [0.3, 0.4) is 0 Å². The quantitative estimate of drug-likeness (QED) is 0.680. The van der Waals surface area contributed by atoms with Crippen LogP contribution in [0, 0.1) is 0 Å². The minimum absolute atomic E-state index is 0.233. The summed E-state index contributed by atoms with van der Waals surface area (Å²) in [5.74, 6) is 1.43. The van der Waals surface area contributed by atoms with Crippen molar-refractivity contribution in [2.45, 2.75) is 70.4 Å². The normalized spacial score (nSPS) is 26.0. The second-order valence-corrected chi connectivity index (χ2v) is 8.21. The zero-order valence-corrected chi connectivity index (χ0v) is 16.5.